The zero-order chi connectivity index (χ0) is 30.8. The normalized spacial score (nSPS) is 20.2. The second-order valence-corrected chi connectivity index (χ2v) is 13.1. The van der Waals surface area contributed by atoms with E-state index in [9.17, 15) is 14.7 Å². The first-order valence-corrected chi connectivity index (χ1v) is 16.0. The molecular weight excluding hydrogens is 556 g/mol. The van der Waals surface area contributed by atoms with Gasteiger partial charge in [0.25, 0.3) is 0 Å². The number of thiophene rings is 1. The fraction of sp³-hybridized carbons (Fsp3) is 0.351. The number of carbonyl (C=O) groups excluding carboxylic acids is 1. The average molecular weight is 597 g/mol. The van der Waals surface area contributed by atoms with Crippen molar-refractivity contribution in [3.63, 3.8) is 0 Å². The van der Waals surface area contributed by atoms with Gasteiger partial charge in [-0.3, -0.25) is 4.79 Å². The number of aromatic hydroxyl groups is 1. The van der Waals surface area contributed by atoms with E-state index in [-0.39, 0.29) is 11.5 Å². The monoisotopic (exact) mass is 596 g/mol. The molecule has 0 aliphatic heterocycles. The molecule has 4 aromatic rings. The van der Waals surface area contributed by atoms with Crippen molar-refractivity contribution in [1.29, 1.82) is 0 Å². The molecule has 1 heterocycles. The molecule has 1 fully saturated rings. The van der Waals surface area contributed by atoms with Gasteiger partial charge in [0.05, 0.1) is 0 Å². The van der Waals surface area contributed by atoms with Gasteiger partial charge in [-0.05, 0) is 109 Å². The summed E-state index contributed by atoms with van der Waals surface area (Å²) in [5, 5.41) is 19.8. The summed E-state index contributed by atoms with van der Waals surface area (Å²) in [6.45, 7) is 11.1. The highest BCUT2D eigenvalue weighted by molar-refractivity contribution is 7.21. The number of ether oxygens (including phenoxy) is 1. The first-order valence-electron chi connectivity index (χ1n) is 15.2. The molecule has 0 saturated heterocycles. The maximum Gasteiger partial charge on any atom is 0.328 e. The highest BCUT2D eigenvalue weighted by Crippen LogP contribution is 2.47. The van der Waals surface area contributed by atoms with Crippen LogP contribution in [0.4, 0.5) is 0 Å². The second-order valence-electron chi connectivity index (χ2n) is 12.0. The Kier molecular flexibility index (Phi) is 9.07. The number of carboxylic acids is 1. The summed E-state index contributed by atoms with van der Waals surface area (Å²) in [7, 11) is 0. The number of phenols is 1. The molecule has 4 unspecified atom stereocenters. The molecule has 4 atom stereocenters. The van der Waals surface area contributed by atoms with Crippen LogP contribution in [-0.4, -0.2) is 22.0 Å². The molecule has 6 heteroatoms. The van der Waals surface area contributed by atoms with Crippen molar-refractivity contribution in [2.45, 2.75) is 60.3 Å². The lowest BCUT2D eigenvalue weighted by molar-refractivity contribution is -0.131. The Morgan fingerprint density at radius 2 is 1.67 bits per heavy atom. The Balaban J connectivity index is 1.46. The van der Waals surface area contributed by atoms with Gasteiger partial charge in [-0.1, -0.05) is 57.9 Å². The number of fused-ring (bicyclic) bond motifs is 1. The van der Waals surface area contributed by atoms with E-state index in [4.69, 9.17) is 9.84 Å². The summed E-state index contributed by atoms with van der Waals surface area (Å²) in [4.78, 5) is 25.6. The summed E-state index contributed by atoms with van der Waals surface area (Å²) < 4.78 is 7.10. The molecule has 0 spiro atoms. The van der Waals surface area contributed by atoms with E-state index in [1.165, 1.54) is 42.2 Å². The van der Waals surface area contributed by atoms with Crippen molar-refractivity contribution in [2.24, 2.45) is 23.7 Å². The molecule has 1 aliphatic carbocycles. The van der Waals surface area contributed by atoms with Gasteiger partial charge in [0.2, 0.25) is 5.78 Å². The number of rotatable bonds is 10. The van der Waals surface area contributed by atoms with E-state index in [0.717, 1.165) is 51.1 Å². The fourth-order valence-corrected chi connectivity index (χ4v) is 8.30. The molecular formula is C37H40O5S. The van der Waals surface area contributed by atoms with E-state index in [2.05, 4.69) is 32.9 Å². The molecule has 3 aromatic carbocycles. The van der Waals surface area contributed by atoms with Crippen LogP contribution in [0.5, 0.6) is 17.2 Å². The van der Waals surface area contributed by atoms with E-state index in [1.807, 2.05) is 13.8 Å². The van der Waals surface area contributed by atoms with Crippen molar-refractivity contribution < 1.29 is 24.5 Å². The van der Waals surface area contributed by atoms with E-state index in [1.54, 1.807) is 42.5 Å². The van der Waals surface area contributed by atoms with Crippen LogP contribution in [0.1, 0.15) is 77.5 Å². The smallest absolute Gasteiger partial charge is 0.328 e. The molecule has 1 aromatic heterocycles. The molecule has 1 saturated carbocycles. The Bertz CT molecular complexity index is 1660. The molecule has 2 N–H and O–H groups in total. The highest BCUT2D eigenvalue weighted by atomic mass is 32.1. The van der Waals surface area contributed by atoms with Crippen molar-refractivity contribution in [1.82, 2.24) is 0 Å². The predicted molar refractivity (Wildman–Crippen MR) is 175 cm³/mol. The van der Waals surface area contributed by atoms with Crippen LogP contribution in [0.2, 0.25) is 0 Å². The molecule has 0 amide bonds. The molecule has 5 rings (SSSR count). The lowest BCUT2D eigenvalue weighted by atomic mass is 9.83. The van der Waals surface area contributed by atoms with Gasteiger partial charge in [-0.25, -0.2) is 4.79 Å². The summed E-state index contributed by atoms with van der Waals surface area (Å²) in [5.74, 6) is 2.96. The Morgan fingerprint density at radius 3 is 2.28 bits per heavy atom. The van der Waals surface area contributed by atoms with Crippen LogP contribution < -0.4 is 4.74 Å². The summed E-state index contributed by atoms with van der Waals surface area (Å²) >= 11 is 1.32. The number of carbonyl (C=O) groups is 2. The SMILES string of the molecule is CCC1CC(Cc2cc(C)c(C(=O)c3sc4cc(O)ccc4c3Oc3ccc(/C=C/C(=O)O)cc3)c(C)c2)C(C)C1CC. The quantitative estimate of drug-likeness (QED) is 0.141. The third kappa shape index (κ3) is 6.40. The Morgan fingerprint density at radius 1 is 0.977 bits per heavy atom. The highest BCUT2D eigenvalue weighted by Gasteiger charge is 2.38. The summed E-state index contributed by atoms with van der Waals surface area (Å²) in [5.41, 5.74) is 4.64. The van der Waals surface area contributed by atoms with Gasteiger partial charge in [0.15, 0.2) is 5.75 Å². The van der Waals surface area contributed by atoms with Crippen molar-refractivity contribution >= 4 is 39.3 Å². The minimum absolute atomic E-state index is 0.0930. The van der Waals surface area contributed by atoms with Crippen LogP contribution in [0.25, 0.3) is 16.2 Å². The third-order valence-corrected chi connectivity index (χ3v) is 10.4. The molecule has 0 radical (unpaired) electrons. The number of hydrogen-bond acceptors (Lipinski definition) is 5. The maximum atomic E-state index is 14.2. The Hall–Kier alpha value is -3.90. The van der Waals surface area contributed by atoms with Crippen molar-refractivity contribution in [3.8, 4) is 17.2 Å². The van der Waals surface area contributed by atoms with Gasteiger partial charge >= 0.3 is 5.97 Å². The first-order chi connectivity index (χ1) is 20.6. The van der Waals surface area contributed by atoms with Gasteiger partial charge in [0, 0.05) is 21.7 Å². The molecule has 5 nitrogen and oxygen atoms in total. The zero-order valence-corrected chi connectivity index (χ0v) is 26.3. The number of ketones is 1. The van der Waals surface area contributed by atoms with E-state index < -0.39 is 5.97 Å². The van der Waals surface area contributed by atoms with E-state index >= 15 is 0 Å². The maximum absolute atomic E-state index is 14.2. The molecule has 1 aliphatic rings. The van der Waals surface area contributed by atoms with Gasteiger partial charge in [0.1, 0.15) is 16.4 Å². The van der Waals surface area contributed by atoms with Crippen LogP contribution in [0, 0.1) is 37.5 Å². The van der Waals surface area contributed by atoms with Crippen LogP contribution in [-0.2, 0) is 11.2 Å². The van der Waals surface area contributed by atoms with Crippen LogP contribution in [0.15, 0.2) is 60.7 Å². The largest absolute Gasteiger partial charge is 0.508 e. The first kappa shape index (κ1) is 30.6. The van der Waals surface area contributed by atoms with Crippen LogP contribution >= 0.6 is 11.3 Å². The lowest BCUT2D eigenvalue weighted by Gasteiger charge is -2.22. The predicted octanol–water partition coefficient (Wildman–Crippen LogP) is 9.60. The number of aliphatic carboxylic acids is 1. The van der Waals surface area contributed by atoms with Crippen molar-refractivity contribution in [3.05, 3.63) is 93.4 Å². The lowest BCUT2D eigenvalue weighted by Crippen LogP contribution is -2.15. The van der Waals surface area contributed by atoms with Gasteiger partial charge in [-0.2, -0.15) is 0 Å². The number of aryl methyl sites for hydroxylation is 2. The van der Waals surface area contributed by atoms with E-state index in [0.29, 0.717) is 33.8 Å². The fourth-order valence-electron chi connectivity index (χ4n) is 7.19. The number of benzene rings is 3. The topological polar surface area (TPSA) is 83.8 Å². The standard InChI is InChI=1S/C37H40O5S/c1-6-26-19-27(23(5)30(26)7-2)18-25-16-21(3)34(22(4)17-25)35(41)37-36(31-14-11-28(38)20-32(31)43-37)42-29-12-8-24(9-13-29)10-15-33(39)40/h8-17,20,23,26-27,30,38H,6-7,18-19H2,1-5H3,(H,39,40)/b15-10+. The average Bonchev–Trinajstić information content (AvgIpc) is 3.47. The number of carboxylic acid groups (broad SMARTS) is 1. The third-order valence-electron chi connectivity index (χ3n) is 9.30. The second kappa shape index (κ2) is 12.8. The molecule has 224 valence electrons. The van der Waals surface area contributed by atoms with Crippen molar-refractivity contribution in [2.75, 3.05) is 0 Å². The minimum atomic E-state index is -1.02. The van der Waals surface area contributed by atoms with Gasteiger partial charge < -0.3 is 14.9 Å². The minimum Gasteiger partial charge on any atom is -0.508 e. The Labute approximate surface area is 257 Å². The van der Waals surface area contributed by atoms with Crippen LogP contribution in [0.3, 0.4) is 0 Å². The summed E-state index contributed by atoms with van der Waals surface area (Å²) in [6, 6.07) is 16.4. The number of hydrogen-bond donors (Lipinski definition) is 2. The molecule has 43 heavy (non-hydrogen) atoms. The zero-order valence-electron chi connectivity index (χ0n) is 25.5. The number of phenolic OH excluding ortho intramolecular Hbond substituents is 1. The summed E-state index contributed by atoms with van der Waals surface area (Å²) in [6.07, 6.45) is 7.40. The van der Waals surface area contributed by atoms with Gasteiger partial charge in [-0.15, -0.1) is 11.3 Å². The molecule has 0 bridgehead atoms.